The molecule has 0 saturated carbocycles. The molecule has 1 aromatic heterocycles. The summed E-state index contributed by atoms with van der Waals surface area (Å²) in [5, 5.41) is 5.87. The molecule has 7 nitrogen and oxygen atoms in total. The van der Waals surface area contributed by atoms with Crippen molar-refractivity contribution < 1.29 is 9.59 Å². The smallest absolute Gasteiger partial charge is 0.254 e. The number of anilines is 1. The minimum absolute atomic E-state index is 0.0440. The Morgan fingerprint density at radius 2 is 2.19 bits per heavy atom. The molecular weight excluding hydrogens is 270 g/mol. The van der Waals surface area contributed by atoms with Crippen LogP contribution in [0.3, 0.4) is 0 Å². The highest BCUT2D eigenvalue weighted by Gasteiger charge is 2.28. The van der Waals surface area contributed by atoms with Crippen molar-refractivity contribution in [3.8, 4) is 0 Å². The predicted octanol–water partition coefficient (Wildman–Crippen LogP) is -0.692. The number of pyridine rings is 1. The zero-order valence-corrected chi connectivity index (χ0v) is 12.6. The van der Waals surface area contributed by atoms with Gasteiger partial charge in [0.15, 0.2) is 0 Å². The zero-order valence-electron chi connectivity index (χ0n) is 12.6. The van der Waals surface area contributed by atoms with Crippen molar-refractivity contribution in [2.45, 2.75) is 6.04 Å². The Kier molecular flexibility index (Phi) is 4.74. The van der Waals surface area contributed by atoms with Crippen molar-refractivity contribution in [1.82, 2.24) is 20.5 Å². The molecule has 21 heavy (non-hydrogen) atoms. The first kappa shape index (κ1) is 15.2. The lowest BCUT2D eigenvalue weighted by Crippen LogP contribution is -2.57. The molecule has 2 amide bonds. The molecule has 1 aromatic rings. The van der Waals surface area contributed by atoms with Gasteiger partial charge < -0.3 is 20.4 Å². The predicted molar refractivity (Wildman–Crippen MR) is 80.3 cm³/mol. The van der Waals surface area contributed by atoms with Gasteiger partial charge in [-0.1, -0.05) is 0 Å². The highest BCUT2D eigenvalue weighted by Crippen LogP contribution is 2.16. The fourth-order valence-electron chi connectivity index (χ4n) is 2.32. The Bertz CT molecular complexity index is 515. The largest absolute Gasteiger partial charge is 0.357 e. The summed E-state index contributed by atoms with van der Waals surface area (Å²) in [4.78, 5) is 31.6. The van der Waals surface area contributed by atoms with Gasteiger partial charge in [-0.15, -0.1) is 0 Å². The van der Waals surface area contributed by atoms with Crippen LogP contribution in [0.15, 0.2) is 18.3 Å². The summed E-state index contributed by atoms with van der Waals surface area (Å²) >= 11 is 0. The van der Waals surface area contributed by atoms with E-state index < -0.39 is 0 Å². The summed E-state index contributed by atoms with van der Waals surface area (Å²) in [6, 6.07) is 3.25. The van der Waals surface area contributed by atoms with Gasteiger partial charge in [0, 0.05) is 47.0 Å². The van der Waals surface area contributed by atoms with Gasteiger partial charge in [0.2, 0.25) is 5.91 Å². The first-order valence-corrected chi connectivity index (χ1v) is 6.91. The fraction of sp³-hybridized carbons (Fsp3) is 0.500. The van der Waals surface area contributed by atoms with Gasteiger partial charge in [0.25, 0.3) is 5.91 Å². The van der Waals surface area contributed by atoms with Crippen molar-refractivity contribution >= 4 is 17.6 Å². The number of carbonyl (C=O) groups excluding carboxylic acids is 2. The monoisotopic (exact) mass is 291 g/mol. The van der Waals surface area contributed by atoms with Crippen LogP contribution in [-0.4, -0.2) is 68.5 Å². The van der Waals surface area contributed by atoms with E-state index in [0.717, 1.165) is 6.54 Å². The van der Waals surface area contributed by atoms with Crippen LogP contribution < -0.4 is 15.5 Å². The van der Waals surface area contributed by atoms with Crippen LogP contribution in [0, 0.1) is 0 Å². The van der Waals surface area contributed by atoms with Gasteiger partial charge in [-0.2, -0.15) is 0 Å². The van der Waals surface area contributed by atoms with Crippen molar-refractivity contribution in [2.75, 3.05) is 45.7 Å². The lowest BCUT2D eigenvalue weighted by Gasteiger charge is -2.35. The van der Waals surface area contributed by atoms with Gasteiger partial charge in [0.1, 0.15) is 11.9 Å². The third-order valence-electron chi connectivity index (χ3n) is 3.49. The Hall–Kier alpha value is -2.15. The second-order valence-electron chi connectivity index (χ2n) is 5.13. The Morgan fingerprint density at radius 1 is 1.43 bits per heavy atom. The second-order valence-corrected chi connectivity index (χ2v) is 5.13. The van der Waals surface area contributed by atoms with E-state index in [1.54, 1.807) is 39.5 Å². The third-order valence-corrected chi connectivity index (χ3v) is 3.49. The minimum Gasteiger partial charge on any atom is -0.357 e. The number of rotatable bonds is 3. The summed E-state index contributed by atoms with van der Waals surface area (Å²) in [6.07, 6.45) is 1.56. The van der Waals surface area contributed by atoms with E-state index in [2.05, 4.69) is 15.6 Å². The van der Waals surface area contributed by atoms with Crippen LogP contribution in [0.4, 0.5) is 5.82 Å². The first-order chi connectivity index (χ1) is 10.0. The van der Waals surface area contributed by atoms with Crippen LogP contribution in [-0.2, 0) is 4.79 Å². The van der Waals surface area contributed by atoms with E-state index in [-0.39, 0.29) is 17.9 Å². The number of nitrogens with zero attached hydrogens (tertiary/aromatic N) is 3. The Balaban J connectivity index is 2.20. The highest BCUT2D eigenvalue weighted by atomic mass is 16.2. The van der Waals surface area contributed by atoms with Gasteiger partial charge in [-0.3, -0.25) is 9.59 Å². The molecule has 1 fully saturated rings. The molecule has 7 heteroatoms. The van der Waals surface area contributed by atoms with Crippen LogP contribution in [0.25, 0.3) is 0 Å². The highest BCUT2D eigenvalue weighted by molar-refractivity contribution is 5.93. The quantitative estimate of drug-likeness (QED) is 0.770. The summed E-state index contributed by atoms with van der Waals surface area (Å²) < 4.78 is 0. The maximum Gasteiger partial charge on any atom is 0.254 e. The number of amides is 2. The zero-order chi connectivity index (χ0) is 15.4. The summed E-state index contributed by atoms with van der Waals surface area (Å²) in [5.41, 5.74) is 0.537. The Labute approximate surface area is 124 Å². The number of hydrogen-bond acceptors (Lipinski definition) is 5. The number of piperazine rings is 1. The first-order valence-electron chi connectivity index (χ1n) is 6.91. The fourth-order valence-corrected chi connectivity index (χ4v) is 2.32. The molecule has 2 N–H and O–H groups in total. The average molecular weight is 291 g/mol. The lowest BCUT2D eigenvalue weighted by molar-refractivity contribution is -0.122. The van der Waals surface area contributed by atoms with E-state index in [1.807, 2.05) is 4.90 Å². The van der Waals surface area contributed by atoms with Crippen molar-refractivity contribution in [2.24, 2.45) is 0 Å². The molecule has 0 spiro atoms. The van der Waals surface area contributed by atoms with Crippen LogP contribution in [0.5, 0.6) is 0 Å². The molecular formula is C14H21N5O2. The van der Waals surface area contributed by atoms with Crippen LogP contribution >= 0.6 is 0 Å². The molecule has 0 bridgehead atoms. The lowest BCUT2D eigenvalue weighted by atomic mass is 10.1. The normalized spacial score (nSPS) is 18.2. The standard InChI is InChI=1S/C14H21N5O2/c1-15-13(20)11-9-16-6-7-19(11)12-5-4-10(8-17-12)14(21)18(2)3/h4-5,8,11,16H,6-7,9H2,1-3H3,(H,15,20). The summed E-state index contributed by atoms with van der Waals surface area (Å²) in [6.45, 7) is 2.08. The maximum absolute atomic E-state index is 11.9. The SMILES string of the molecule is CNC(=O)C1CNCCN1c1ccc(C(=O)N(C)C)cn1. The topological polar surface area (TPSA) is 77.6 Å². The molecule has 0 aliphatic carbocycles. The summed E-state index contributed by atoms with van der Waals surface area (Å²) in [5.74, 6) is 0.579. The van der Waals surface area contributed by atoms with Gasteiger partial charge >= 0.3 is 0 Å². The third kappa shape index (κ3) is 3.30. The molecule has 1 saturated heterocycles. The molecule has 0 aromatic carbocycles. The molecule has 1 aliphatic heterocycles. The molecule has 1 aliphatic rings. The number of carbonyl (C=O) groups is 2. The van der Waals surface area contributed by atoms with Crippen molar-refractivity contribution in [3.63, 3.8) is 0 Å². The molecule has 1 atom stereocenters. The number of nitrogens with one attached hydrogen (secondary N) is 2. The molecule has 2 heterocycles. The van der Waals surface area contributed by atoms with Gasteiger partial charge in [-0.05, 0) is 12.1 Å². The van der Waals surface area contributed by atoms with Gasteiger partial charge in [-0.25, -0.2) is 4.98 Å². The molecule has 0 radical (unpaired) electrons. The van der Waals surface area contributed by atoms with Crippen LogP contribution in [0.2, 0.25) is 0 Å². The summed E-state index contributed by atoms with van der Waals surface area (Å²) in [7, 11) is 5.03. The number of likely N-dealkylation sites (N-methyl/N-ethyl adjacent to an activating group) is 1. The van der Waals surface area contributed by atoms with Crippen LogP contribution in [0.1, 0.15) is 10.4 Å². The van der Waals surface area contributed by atoms with Gasteiger partial charge in [0.05, 0.1) is 5.56 Å². The van der Waals surface area contributed by atoms with Crippen molar-refractivity contribution in [1.29, 1.82) is 0 Å². The minimum atomic E-state index is -0.286. The molecule has 1 unspecified atom stereocenters. The van der Waals surface area contributed by atoms with E-state index in [4.69, 9.17) is 0 Å². The van der Waals surface area contributed by atoms with E-state index >= 15 is 0 Å². The molecule has 114 valence electrons. The Morgan fingerprint density at radius 3 is 2.76 bits per heavy atom. The van der Waals surface area contributed by atoms with E-state index in [9.17, 15) is 9.59 Å². The van der Waals surface area contributed by atoms with Crippen molar-refractivity contribution in [3.05, 3.63) is 23.9 Å². The molecule has 2 rings (SSSR count). The van der Waals surface area contributed by atoms with E-state index in [0.29, 0.717) is 24.5 Å². The second kappa shape index (κ2) is 6.53. The maximum atomic E-state index is 11.9. The number of hydrogen-bond donors (Lipinski definition) is 2. The number of aromatic nitrogens is 1. The average Bonchev–Trinajstić information content (AvgIpc) is 2.53. The van der Waals surface area contributed by atoms with E-state index in [1.165, 1.54) is 4.90 Å².